The van der Waals surface area contributed by atoms with Crippen molar-refractivity contribution < 1.29 is 34.2 Å². The van der Waals surface area contributed by atoms with E-state index in [4.69, 9.17) is 9.47 Å². The highest BCUT2D eigenvalue weighted by Gasteiger charge is 2.61. The summed E-state index contributed by atoms with van der Waals surface area (Å²) >= 11 is 0. The van der Waals surface area contributed by atoms with Crippen LogP contribution in [0.2, 0.25) is 0 Å². The van der Waals surface area contributed by atoms with Crippen molar-refractivity contribution in [3.05, 3.63) is 120 Å². The van der Waals surface area contributed by atoms with E-state index < -0.39 is 35.5 Å². The van der Waals surface area contributed by atoms with Crippen LogP contribution in [-0.2, 0) is 27.5 Å². The van der Waals surface area contributed by atoms with Gasteiger partial charge < -0.3 is 29.6 Å². The van der Waals surface area contributed by atoms with Gasteiger partial charge in [0, 0.05) is 38.3 Å². The van der Waals surface area contributed by atoms with Gasteiger partial charge in [-0.05, 0) is 72.5 Å². The lowest BCUT2D eigenvalue weighted by Crippen LogP contribution is -2.62. The van der Waals surface area contributed by atoms with Gasteiger partial charge in [-0.25, -0.2) is 0 Å². The highest BCUT2D eigenvalue weighted by molar-refractivity contribution is 5.98. The number of carboxylic acid groups (broad SMARTS) is 1. The van der Waals surface area contributed by atoms with Crippen LogP contribution in [0.25, 0.3) is 0 Å². The van der Waals surface area contributed by atoms with E-state index in [-0.39, 0.29) is 19.0 Å². The Morgan fingerprint density at radius 2 is 1.02 bits per heavy atom. The number of nitrogens with zero attached hydrogens (tertiary/aromatic N) is 3. The average molecular weight is 678 g/mol. The van der Waals surface area contributed by atoms with Gasteiger partial charge >= 0.3 is 5.97 Å². The number of hydrogen-bond donors (Lipinski definition) is 2. The summed E-state index contributed by atoms with van der Waals surface area (Å²) in [6, 6.07) is 33.6. The van der Waals surface area contributed by atoms with E-state index in [1.54, 1.807) is 9.80 Å². The fourth-order valence-electron chi connectivity index (χ4n) is 6.50. The molecule has 4 atom stereocenters. The summed E-state index contributed by atoms with van der Waals surface area (Å²) in [4.78, 5) is 44.4. The second-order valence-corrected chi connectivity index (χ2v) is 12.4. The monoisotopic (exact) mass is 677 g/mol. The number of amides is 2. The molecule has 0 saturated heterocycles. The van der Waals surface area contributed by atoms with Crippen molar-refractivity contribution in [2.45, 2.75) is 39.8 Å². The number of para-hydroxylation sites is 2. The molecule has 1 aliphatic carbocycles. The molecule has 10 heteroatoms. The number of aliphatic carboxylic acids is 1. The third-order valence-corrected chi connectivity index (χ3v) is 8.86. The lowest BCUT2D eigenvalue weighted by Gasteiger charge is -2.48. The Morgan fingerprint density at radius 3 is 1.40 bits per heavy atom. The number of hydrogen-bond acceptors (Lipinski definition) is 7. The largest absolute Gasteiger partial charge is 0.481 e. The molecule has 0 unspecified atom stereocenters. The van der Waals surface area contributed by atoms with Gasteiger partial charge in [0.2, 0.25) is 11.8 Å². The maximum absolute atomic E-state index is 14.3. The van der Waals surface area contributed by atoms with Crippen LogP contribution >= 0.6 is 0 Å². The van der Waals surface area contributed by atoms with E-state index in [0.717, 1.165) is 17.3 Å². The van der Waals surface area contributed by atoms with Gasteiger partial charge in [0.15, 0.2) is 0 Å². The lowest BCUT2D eigenvalue weighted by atomic mass is 9.55. The predicted molar refractivity (Wildman–Crippen MR) is 189 cm³/mol. The van der Waals surface area contributed by atoms with Crippen molar-refractivity contribution in [2.24, 2.45) is 28.8 Å². The summed E-state index contributed by atoms with van der Waals surface area (Å²) in [5, 5.41) is 22.8. The minimum atomic E-state index is -1.22. The van der Waals surface area contributed by atoms with Crippen molar-refractivity contribution in [3.8, 4) is 23.0 Å². The van der Waals surface area contributed by atoms with Gasteiger partial charge in [0.1, 0.15) is 23.0 Å². The number of carbonyl (C=O) groups excluding carboxylic acids is 2. The Bertz CT molecular complexity index is 1730. The molecule has 50 heavy (non-hydrogen) atoms. The standard InChI is InChI=1S/C40H43N3O7/c1-3-23-42(26-28-15-19-32(20-16-28)49-30-11-7-5-8-12-30)38(44)35-34(25-41-48)36(40(46)47)37(35)39(45)43(24-4-2)27-29-17-21-33(22-18-29)50-31-13-9-6-10-14-31/h5-22,25,34-37,48H,3-4,23-24,26-27H2,1-2H3,(H,46,47)/t34-,35+,36+,37-/m1/s1. The normalized spacial score (nSPS) is 18.2. The van der Waals surface area contributed by atoms with Crippen LogP contribution in [0, 0.1) is 23.7 Å². The summed E-state index contributed by atoms with van der Waals surface area (Å²) in [7, 11) is 0. The first-order valence-electron chi connectivity index (χ1n) is 16.9. The Morgan fingerprint density at radius 1 is 0.620 bits per heavy atom. The zero-order valence-electron chi connectivity index (χ0n) is 28.3. The molecule has 5 rings (SSSR count). The molecule has 10 nitrogen and oxygen atoms in total. The molecule has 2 amide bonds. The van der Waals surface area contributed by atoms with E-state index in [0.29, 0.717) is 48.9 Å². The summed E-state index contributed by atoms with van der Waals surface area (Å²) in [6.07, 6.45) is 2.37. The molecular formula is C40H43N3O7. The lowest BCUT2D eigenvalue weighted by molar-refractivity contribution is -0.173. The van der Waals surface area contributed by atoms with E-state index in [1.807, 2.05) is 123 Å². The SMILES string of the molecule is CCCN(Cc1ccc(Oc2ccccc2)cc1)C(=O)[C@H]1[C@@H](C(=O)O)[C@H](C=NO)[C@@H]1C(=O)N(CCC)Cc1ccc(Oc2ccccc2)cc1. The molecular weight excluding hydrogens is 634 g/mol. The average Bonchev–Trinajstić information content (AvgIpc) is 3.11. The van der Waals surface area contributed by atoms with Crippen LogP contribution in [-0.4, -0.2) is 57.2 Å². The smallest absolute Gasteiger partial charge is 0.308 e. The third-order valence-electron chi connectivity index (χ3n) is 8.86. The molecule has 260 valence electrons. The molecule has 2 N–H and O–H groups in total. The van der Waals surface area contributed by atoms with Crippen LogP contribution in [0.15, 0.2) is 114 Å². The van der Waals surface area contributed by atoms with E-state index in [9.17, 15) is 24.7 Å². The van der Waals surface area contributed by atoms with Gasteiger partial charge in [0.05, 0.1) is 17.8 Å². The van der Waals surface area contributed by atoms with Gasteiger partial charge in [-0.1, -0.05) is 74.5 Å². The number of carbonyl (C=O) groups is 3. The molecule has 1 saturated carbocycles. The summed E-state index contributed by atoms with van der Waals surface area (Å²) < 4.78 is 11.8. The maximum atomic E-state index is 14.3. The van der Waals surface area contributed by atoms with Crippen LogP contribution in [0.1, 0.15) is 37.8 Å². The maximum Gasteiger partial charge on any atom is 0.308 e. The van der Waals surface area contributed by atoms with E-state index >= 15 is 0 Å². The van der Waals surface area contributed by atoms with Gasteiger partial charge in [-0.2, -0.15) is 0 Å². The quantitative estimate of drug-likeness (QED) is 0.0715. The van der Waals surface area contributed by atoms with Gasteiger partial charge in [-0.3, -0.25) is 14.4 Å². The second kappa shape index (κ2) is 17.1. The first-order valence-corrected chi connectivity index (χ1v) is 16.9. The minimum absolute atomic E-state index is 0.233. The first kappa shape index (κ1) is 35.7. The zero-order chi connectivity index (χ0) is 35.5. The van der Waals surface area contributed by atoms with Crippen LogP contribution in [0.4, 0.5) is 0 Å². The summed E-state index contributed by atoms with van der Waals surface area (Å²) in [6.45, 7) is 5.15. The van der Waals surface area contributed by atoms with Gasteiger partial charge in [0.25, 0.3) is 0 Å². The van der Waals surface area contributed by atoms with Crippen molar-refractivity contribution in [2.75, 3.05) is 13.1 Å². The molecule has 0 aliphatic heterocycles. The molecule has 0 spiro atoms. The number of benzene rings is 4. The summed E-state index contributed by atoms with van der Waals surface area (Å²) in [5.74, 6) is -3.57. The number of carboxylic acids is 1. The zero-order valence-corrected chi connectivity index (χ0v) is 28.3. The number of oxime groups is 1. The Kier molecular flexibility index (Phi) is 12.2. The Balaban J connectivity index is 1.34. The molecule has 1 fully saturated rings. The fourth-order valence-corrected chi connectivity index (χ4v) is 6.50. The van der Waals surface area contributed by atoms with Crippen molar-refractivity contribution in [1.29, 1.82) is 0 Å². The molecule has 4 aromatic rings. The van der Waals surface area contributed by atoms with Crippen LogP contribution in [0.5, 0.6) is 23.0 Å². The highest BCUT2D eigenvalue weighted by atomic mass is 16.5. The molecule has 1 aliphatic rings. The van der Waals surface area contributed by atoms with Crippen molar-refractivity contribution in [1.82, 2.24) is 9.80 Å². The fraction of sp³-hybridized carbons (Fsp3) is 0.300. The van der Waals surface area contributed by atoms with Crippen LogP contribution in [0.3, 0.4) is 0 Å². The molecule has 4 aromatic carbocycles. The van der Waals surface area contributed by atoms with Crippen LogP contribution < -0.4 is 9.47 Å². The van der Waals surface area contributed by atoms with Crippen molar-refractivity contribution in [3.63, 3.8) is 0 Å². The predicted octanol–water partition coefficient (Wildman–Crippen LogP) is 7.47. The molecule has 0 heterocycles. The molecule has 0 aromatic heterocycles. The van der Waals surface area contributed by atoms with Crippen molar-refractivity contribution >= 4 is 24.0 Å². The first-order chi connectivity index (χ1) is 24.3. The topological polar surface area (TPSA) is 129 Å². The number of rotatable bonds is 16. The van der Waals surface area contributed by atoms with Gasteiger partial charge in [-0.15, -0.1) is 5.16 Å². The number of ether oxygens (including phenoxy) is 2. The summed E-state index contributed by atoms with van der Waals surface area (Å²) in [5.41, 5.74) is 1.69. The third kappa shape index (κ3) is 8.68. The molecule has 0 bridgehead atoms. The second-order valence-electron chi connectivity index (χ2n) is 12.4. The minimum Gasteiger partial charge on any atom is -0.481 e. The Labute approximate surface area is 292 Å². The van der Waals surface area contributed by atoms with E-state index in [1.165, 1.54) is 0 Å². The highest BCUT2D eigenvalue weighted by Crippen LogP contribution is 2.48. The molecule has 0 radical (unpaired) electrons. The Hall–Kier alpha value is -5.64. The van der Waals surface area contributed by atoms with E-state index in [2.05, 4.69) is 5.16 Å².